The number of methoxy groups -OCH3 is 3. The number of likely N-dealkylation sites (N-methyl/N-ethyl adjacent to an activating group) is 2. The Labute approximate surface area is 708 Å². The maximum absolute atomic E-state index is 15.1. The van der Waals surface area contributed by atoms with E-state index < -0.39 is 143 Å². The number of nitrogens with zero attached hydrogens (tertiary/aromatic N) is 5. The number of halogens is 1. The number of hydrogen-bond acceptors (Lipinski definition) is 24. The summed E-state index contributed by atoms with van der Waals surface area (Å²) in [5.74, 6) is -10.2. The van der Waals surface area contributed by atoms with Crippen molar-refractivity contribution in [3.8, 4) is 5.75 Å². The second kappa shape index (κ2) is 47.9. The highest BCUT2D eigenvalue weighted by Crippen LogP contribution is 2.52. The average Bonchev–Trinajstić information content (AvgIpc) is 1.61. The number of alkyl carbamates (subject to hydrolysis) is 1. The lowest BCUT2D eigenvalue weighted by molar-refractivity contribution is -0.198. The first kappa shape index (κ1) is 99.7. The van der Waals surface area contributed by atoms with Crippen molar-refractivity contribution < 1.29 is 110 Å². The molecule has 4 aliphatic rings. The van der Waals surface area contributed by atoms with Crippen LogP contribution in [0.1, 0.15) is 219 Å². The van der Waals surface area contributed by atoms with E-state index in [0.29, 0.717) is 73.3 Å². The van der Waals surface area contributed by atoms with Gasteiger partial charge >= 0.3 is 18.0 Å². The van der Waals surface area contributed by atoms with Gasteiger partial charge < -0.3 is 60.0 Å². The molecule has 2 aromatic carbocycles. The van der Waals surface area contributed by atoms with Crippen molar-refractivity contribution in [3.05, 3.63) is 65.0 Å². The zero-order valence-electron chi connectivity index (χ0n) is 72.6. The highest BCUT2D eigenvalue weighted by atomic mass is 32.2. The number of benzene rings is 2. The van der Waals surface area contributed by atoms with Gasteiger partial charge in [0.15, 0.2) is 28.9 Å². The fourth-order valence-corrected chi connectivity index (χ4v) is 17.4. The average molecular weight is 1700 g/mol. The molecule has 1 saturated carbocycles. The molecule has 0 radical (unpaired) electrons. The number of amides is 10. The Bertz CT molecular complexity index is 3910. The monoisotopic (exact) mass is 1700 g/mol. The van der Waals surface area contributed by atoms with E-state index in [9.17, 15) is 76.3 Å². The van der Waals surface area contributed by atoms with E-state index in [1.165, 1.54) is 55.0 Å². The Morgan fingerprint density at radius 2 is 1.37 bits per heavy atom. The predicted molar refractivity (Wildman–Crippen MR) is 442 cm³/mol. The molecular formula is C87H128FN9O22S. The van der Waals surface area contributed by atoms with Gasteiger partial charge in [0.25, 0.3) is 11.8 Å². The van der Waals surface area contributed by atoms with Crippen LogP contribution in [-0.2, 0) is 104 Å². The summed E-state index contributed by atoms with van der Waals surface area (Å²) in [6, 6.07) is 7.49. The molecule has 0 spiro atoms. The summed E-state index contributed by atoms with van der Waals surface area (Å²) in [6.07, 6.45) is 0.366. The largest absolute Gasteiger partial charge is 0.494 e. The summed E-state index contributed by atoms with van der Waals surface area (Å²) in [7, 11) is 9.43. The molecule has 1 aliphatic carbocycles. The topological polar surface area (TPSA) is 407 Å². The number of carbonyl (C=O) groups excluding carboxylic acids is 16. The molecule has 0 bridgehead atoms. The van der Waals surface area contributed by atoms with Crippen molar-refractivity contribution in [1.29, 1.82) is 0 Å². The van der Waals surface area contributed by atoms with Crippen molar-refractivity contribution in [2.75, 3.05) is 74.4 Å². The minimum atomic E-state index is -1.05. The lowest BCUT2D eigenvalue weighted by Gasteiger charge is -2.41. The summed E-state index contributed by atoms with van der Waals surface area (Å²) < 4.78 is 43.2. The van der Waals surface area contributed by atoms with Crippen LogP contribution in [0.2, 0.25) is 0 Å². The molecule has 2 aromatic rings. The first-order valence-electron chi connectivity index (χ1n) is 42.1. The number of hydrogen-bond donors (Lipinski definition) is 4. The molecule has 5 N–H and O–H groups in total. The second-order valence-electron chi connectivity index (χ2n) is 33.8. The number of likely N-dealkylation sites (tertiary alicyclic amines) is 2. The first-order chi connectivity index (χ1) is 56.8. The highest BCUT2D eigenvalue weighted by Gasteiger charge is 2.50. The third-order valence-electron chi connectivity index (χ3n) is 23.4. The molecule has 3 heterocycles. The fraction of sp³-hybridized carbons (Fsp3) is 0.678. The van der Waals surface area contributed by atoms with E-state index in [4.69, 9.17) is 34.3 Å². The smallest absolute Gasteiger partial charge is 0.407 e. The van der Waals surface area contributed by atoms with Gasteiger partial charge in [-0.2, -0.15) is 0 Å². The van der Waals surface area contributed by atoms with E-state index in [1.54, 1.807) is 43.1 Å². The molecule has 3 aliphatic heterocycles. The molecule has 4 fully saturated rings. The molecule has 1 unspecified atom stereocenters. The molecule has 6 rings (SSSR count). The predicted octanol–water partition coefficient (Wildman–Crippen LogP) is 8.17. The lowest BCUT2D eigenvalue weighted by Crippen LogP contribution is -2.54. The van der Waals surface area contributed by atoms with Crippen molar-refractivity contribution >= 4 is 106 Å². The highest BCUT2D eigenvalue weighted by molar-refractivity contribution is 8.00. The van der Waals surface area contributed by atoms with Crippen molar-refractivity contribution in [3.63, 3.8) is 0 Å². The van der Waals surface area contributed by atoms with Gasteiger partial charge in [0.1, 0.15) is 18.5 Å². The number of rotatable bonds is 54. The number of esters is 1. The van der Waals surface area contributed by atoms with E-state index in [0.717, 1.165) is 6.07 Å². The number of nitrogens with one attached hydrogen (secondary N) is 3. The second-order valence-corrected chi connectivity index (χ2v) is 35.0. The molecule has 31 nitrogen and oxygen atoms in total. The molecule has 666 valence electrons. The summed E-state index contributed by atoms with van der Waals surface area (Å²) in [6.45, 7) is 16.2. The van der Waals surface area contributed by atoms with Crippen molar-refractivity contribution in [2.24, 2.45) is 52.6 Å². The lowest BCUT2D eigenvalue weighted by atomic mass is 9.83. The molecular weight excluding hydrogens is 1570 g/mol. The summed E-state index contributed by atoms with van der Waals surface area (Å²) in [5, 5.41) is 8.07. The van der Waals surface area contributed by atoms with E-state index >= 15 is 4.79 Å². The molecule has 33 heteroatoms. The van der Waals surface area contributed by atoms with Crippen LogP contribution in [0.25, 0.3) is 0 Å². The maximum Gasteiger partial charge on any atom is 0.407 e. The van der Waals surface area contributed by atoms with Gasteiger partial charge in [0.05, 0.1) is 80.6 Å². The zero-order chi connectivity index (χ0) is 89.0. The minimum Gasteiger partial charge on any atom is -0.494 e. The number of thioether (sulfide) groups is 1. The van der Waals surface area contributed by atoms with Gasteiger partial charge in [-0.15, -0.1) is 16.8 Å². The van der Waals surface area contributed by atoms with E-state index in [-0.39, 0.29) is 186 Å². The van der Waals surface area contributed by atoms with Gasteiger partial charge in [-0.3, -0.25) is 76.9 Å². The van der Waals surface area contributed by atoms with Gasteiger partial charge in [-0.1, -0.05) is 106 Å². The number of unbranched alkanes of at least 4 members (excludes halogenated alkanes) is 3. The van der Waals surface area contributed by atoms with Gasteiger partial charge in [-0.05, 0) is 117 Å². The molecule has 10 amide bonds. The summed E-state index contributed by atoms with van der Waals surface area (Å²) >= 11 is 1.31. The summed E-state index contributed by atoms with van der Waals surface area (Å²) in [4.78, 5) is 225. The van der Waals surface area contributed by atoms with Gasteiger partial charge in [0, 0.05) is 122 Å². The molecule has 3 saturated heterocycles. The molecule has 120 heavy (non-hydrogen) atoms. The Morgan fingerprint density at radius 3 is 1.96 bits per heavy atom. The van der Waals surface area contributed by atoms with Gasteiger partial charge in [0.2, 0.25) is 41.4 Å². The van der Waals surface area contributed by atoms with Gasteiger partial charge in [-0.25, -0.2) is 14.0 Å². The molecule has 12 atom stereocenters. The molecule has 0 aromatic heterocycles. The van der Waals surface area contributed by atoms with Crippen LogP contribution in [0.3, 0.4) is 0 Å². The van der Waals surface area contributed by atoms with Crippen LogP contribution >= 0.6 is 11.8 Å². The third-order valence-corrected chi connectivity index (χ3v) is 24.9. The Morgan fingerprint density at radius 1 is 0.708 bits per heavy atom. The maximum atomic E-state index is 15.1. The standard InChI is InChI=1S/C87H128FN9O22S/c1-16-54(8)80(94(12)84(111)62(52(4)5)43-67(100)79(53(6)7)93(10)11)70(115-14)44-75(105)96-48-60(42-65(96)81(116-15)55(9)82(109)91-47-68(101)58-31-32-69(114-13)63(88)40-58)118-86(113)90-37-22-26-77(107)117-49-57-29-27-56(28-30-57)39-66(99)64(24-19-20-25-72(89)102)92-83(110)61(51(2)3)41-59(98)23-18-17-21-38-95-76(106)45-71(85(95)112)120-50-87(35-36-87)46-78(108)119-97-73(103)33-34-74(97)104/h27-32,40,51-55,60-62,64-65,70-71,79-81H,16-26,33-39,41-50H2,1-15H3,(H2,89,102)(H,90,113)(H,91,109)(H,92,110)/t54-,55+,60-,61-,62-,64-,65-,70+,71?,79-,80-,81+/m0/s1. The normalized spacial score (nSPS) is 18.7. The van der Waals surface area contributed by atoms with Crippen molar-refractivity contribution in [1.82, 2.24) is 40.6 Å². The van der Waals surface area contributed by atoms with Crippen LogP contribution < -0.4 is 26.4 Å². The first-order valence-corrected chi connectivity index (χ1v) is 43.1. The number of nitrogens with two attached hydrogens (primary N) is 1. The number of hydroxylamine groups is 2. The number of Topliss-reactive ketones (excluding diaryl/α,β-unsaturated/α-hetero) is 4. The Kier molecular flexibility index (Phi) is 39.8. The Hall–Kier alpha value is -9.08. The van der Waals surface area contributed by atoms with E-state index in [1.807, 2.05) is 74.4 Å². The third kappa shape index (κ3) is 29.6. The van der Waals surface area contributed by atoms with Crippen molar-refractivity contribution in [2.45, 2.75) is 258 Å². The SMILES string of the molecule is CC[C@H](C)[C@@H]([C@@H](CC(=O)N1C[C@@H](OC(=O)NCCCC(=O)OCc2ccc(CC(=O)[C@H](CCCCC(N)=O)NC(=O)[C@@H](CC(=O)CCCCCN3C(=O)CC(SCC4(CC(=O)ON5C(=O)CCC5=O)CC4)C3=O)C(C)C)cc2)C[C@H]1[C@H](OC)[C@@H](C)C(=O)NCC(=O)c1ccc(OC)c(F)c1)OC)N(C)C(=O)[C@@H](CC(=O)[C@H](C(C)C)N(C)C)C(C)C. The van der Waals surface area contributed by atoms with Crippen LogP contribution in [0.4, 0.5) is 9.18 Å². The van der Waals surface area contributed by atoms with Crippen LogP contribution in [-0.4, -0.2) is 241 Å². The fourth-order valence-electron chi connectivity index (χ4n) is 16.0. The van der Waals surface area contributed by atoms with Crippen LogP contribution in [0, 0.1) is 52.7 Å². The summed E-state index contributed by atoms with van der Waals surface area (Å²) in [5.41, 5.74) is 6.14. The van der Waals surface area contributed by atoms with E-state index in [2.05, 4.69) is 16.0 Å². The number of ether oxygens (including phenoxy) is 5. The number of ketones is 4. The van der Waals surface area contributed by atoms with Crippen LogP contribution in [0.5, 0.6) is 5.75 Å². The number of imide groups is 2. The quantitative estimate of drug-likeness (QED) is 0.0210. The Balaban J connectivity index is 0.991. The zero-order valence-corrected chi connectivity index (χ0v) is 73.4. The van der Waals surface area contributed by atoms with Crippen LogP contribution in [0.15, 0.2) is 42.5 Å². The minimum absolute atomic E-state index is 0.00737. The number of primary amides is 1. The number of carbonyl (C=O) groups is 16.